The Hall–Kier alpha value is -1.03. The first kappa shape index (κ1) is 12.0. The number of piperidine rings is 1. The van der Waals surface area contributed by atoms with Crippen LogP contribution in [0.4, 0.5) is 5.82 Å². The number of nitrogens with two attached hydrogens (primary N) is 1. The lowest BCUT2D eigenvalue weighted by molar-refractivity contribution is 0.105. The summed E-state index contributed by atoms with van der Waals surface area (Å²) in [4.78, 5) is 2.58. The maximum Gasteiger partial charge on any atom is 0.145 e. The third kappa shape index (κ3) is 2.53. The number of rotatable bonds is 3. The van der Waals surface area contributed by atoms with E-state index in [1.54, 1.807) is 0 Å². The fourth-order valence-corrected chi connectivity index (χ4v) is 3.62. The van der Waals surface area contributed by atoms with Gasteiger partial charge in [-0.3, -0.25) is 4.68 Å². The number of likely N-dealkylation sites (tertiary alicyclic amines) is 1. The Morgan fingerprint density at radius 2 is 1.83 bits per heavy atom. The second-order valence-corrected chi connectivity index (χ2v) is 6.05. The molecule has 18 heavy (non-hydrogen) atoms. The van der Waals surface area contributed by atoms with E-state index in [-0.39, 0.29) is 0 Å². The van der Waals surface area contributed by atoms with Crippen LogP contribution in [0.15, 0.2) is 12.3 Å². The standard InChI is InChI=1S/C14H24N4/c15-13-3-8-18(16-13)12-11-17-9-6-14(7-10-17)4-1-2-5-14/h3,8H,1-2,4-7,9-12H2,(H2,15,16). The van der Waals surface area contributed by atoms with E-state index in [0.717, 1.165) is 18.5 Å². The maximum absolute atomic E-state index is 5.62. The van der Waals surface area contributed by atoms with E-state index >= 15 is 0 Å². The van der Waals surface area contributed by atoms with E-state index in [1.165, 1.54) is 51.6 Å². The van der Waals surface area contributed by atoms with E-state index in [9.17, 15) is 0 Å². The molecule has 2 aliphatic rings. The van der Waals surface area contributed by atoms with Crippen molar-refractivity contribution in [2.75, 3.05) is 25.4 Å². The molecular weight excluding hydrogens is 224 g/mol. The van der Waals surface area contributed by atoms with Crippen LogP contribution in [0, 0.1) is 5.41 Å². The molecule has 1 saturated heterocycles. The minimum Gasteiger partial charge on any atom is -0.382 e. The Morgan fingerprint density at radius 1 is 1.11 bits per heavy atom. The van der Waals surface area contributed by atoms with Crippen LogP contribution < -0.4 is 5.73 Å². The van der Waals surface area contributed by atoms with Gasteiger partial charge in [0.1, 0.15) is 5.82 Å². The summed E-state index contributed by atoms with van der Waals surface area (Å²) in [6.07, 6.45) is 10.7. The van der Waals surface area contributed by atoms with Gasteiger partial charge in [-0.15, -0.1) is 0 Å². The van der Waals surface area contributed by atoms with Gasteiger partial charge in [0.05, 0.1) is 6.54 Å². The van der Waals surface area contributed by atoms with Gasteiger partial charge in [0.15, 0.2) is 0 Å². The monoisotopic (exact) mass is 248 g/mol. The minimum atomic E-state index is 0.624. The van der Waals surface area contributed by atoms with Crippen molar-refractivity contribution in [1.82, 2.24) is 14.7 Å². The van der Waals surface area contributed by atoms with E-state index in [0.29, 0.717) is 5.82 Å². The zero-order valence-corrected chi connectivity index (χ0v) is 11.1. The topological polar surface area (TPSA) is 47.1 Å². The zero-order chi connectivity index (χ0) is 12.4. The first-order chi connectivity index (χ1) is 8.76. The van der Waals surface area contributed by atoms with E-state index in [4.69, 9.17) is 5.73 Å². The molecule has 1 aromatic rings. The molecule has 4 heteroatoms. The fourth-order valence-electron chi connectivity index (χ4n) is 3.62. The highest BCUT2D eigenvalue weighted by Gasteiger charge is 2.36. The number of hydrogen-bond acceptors (Lipinski definition) is 3. The number of hydrogen-bond donors (Lipinski definition) is 1. The molecule has 1 aliphatic heterocycles. The largest absolute Gasteiger partial charge is 0.382 e. The molecule has 1 aliphatic carbocycles. The second kappa shape index (κ2) is 4.92. The Kier molecular flexibility index (Phi) is 3.29. The van der Waals surface area contributed by atoms with E-state index in [2.05, 4.69) is 10.00 Å². The lowest BCUT2D eigenvalue weighted by Gasteiger charge is -2.39. The lowest BCUT2D eigenvalue weighted by Crippen LogP contribution is -2.40. The molecule has 0 atom stereocenters. The van der Waals surface area contributed by atoms with Crippen LogP contribution in [0.2, 0.25) is 0 Å². The molecule has 3 rings (SSSR count). The summed E-state index contributed by atoms with van der Waals surface area (Å²) in [7, 11) is 0. The molecule has 0 unspecified atom stereocenters. The summed E-state index contributed by atoms with van der Waals surface area (Å²) in [6.45, 7) is 4.62. The average Bonchev–Trinajstić information content (AvgIpc) is 2.99. The van der Waals surface area contributed by atoms with E-state index < -0.39 is 0 Å². The molecular formula is C14H24N4. The highest BCUT2D eigenvalue weighted by Crippen LogP contribution is 2.45. The van der Waals surface area contributed by atoms with Gasteiger partial charge in [0, 0.05) is 12.7 Å². The number of aromatic nitrogens is 2. The third-order valence-corrected chi connectivity index (χ3v) is 4.89. The summed E-state index contributed by atoms with van der Waals surface area (Å²) < 4.78 is 1.95. The van der Waals surface area contributed by atoms with Gasteiger partial charge >= 0.3 is 0 Å². The highest BCUT2D eigenvalue weighted by atomic mass is 15.3. The minimum absolute atomic E-state index is 0.624. The highest BCUT2D eigenvalue weighted by molar-refractivity contribution is 5.23. The van der Waals surface area contributed by atoms with Crippen molar-refractivity contribution in [3.05, 3.63) is 12.3 Å². The van der Waals surface area contributed by atoms with Crippen molar-refractivity contribution in [2.24, 2.45) is 5.41 Å². The predicted molar refractivity (Wildman–Crippen MR) is 73.2 cm³/mol. The molecule has 4 nitrogen and oxygen atoms in total. The van der Waals surface area contributed by atoms with Crippen LogP contribution in [0.3, 0.4) is 0 Å². The quantitative estimate of drug-likeness (QED) is 0.891. The predicted octanol–water partition coefficient (Wildman–Crippen LogP) is 2.12. The van der Waals surface area contributed by atoms with Gasteiger partial charge < -0.3 is 10.6 Å². The van der Waals surface area contributed by atoms with Crippen molar-refractivity contribution in [1.29, 1.82) is 0 Å². The SMILES string of the molecule is Nc1ccn(CCN2CCC3(CCCC3)CC2)n1. The van der Waals surface area contributed by atoms with Crippen LogP contribution in [0.5, 0.6) is 0 Å². The summed E-state index contributed by atoms with van der Waals surface area (Å²) in [5.74, 6) is 0.624. The van der Waals surface area contributed by atoms with Gasteiger partial charge in [0.2, 0.25) is 0 Å². The first-order valence-electron chi connectivity index (χ1n) is 7.27. The molecule has 1 aromatic heterocycles. The molecule has 2 heterocycles. The van der Waals surface area contributed by atoms with Crippen LogP contribution in [0.25, 0.3) is 0 Å². The molecule has 2 fully saturated rings. The molecule has 100 valence electrons. The van der Waals surface area contributed by atoms with Crippen LogP contribution in [-0.2, 0) is 6.54 Å². The van der Waals surface area contributed by atoms with Gasteiger partial charge in [-0.25, -0.2) is 0 Å². The van der Waals surface area contributed by atoms with E-state index in [1.807, 2.05) is 16.9 Å². The molecule has 0 radical (unpaired) electrons. The van der Waals surface area contributed by atoms with Crippen molar-refractivity contribution >= 4 is 5.82 Å². The summed E-state index contributed by atoms with van der Waals surface area (Å²) in [6, 6.07) is 1.86. The van der Waals surface area contributed by atoms with Crippen molar-refractivity contribution in [3.8, 4) is 0 Å². The Balaban J connectivity index is 1.45. The molecule has 1 saturated carbocycles. The molecule has 0 bridgehead atoms. The van der Waals surface area contributed by atoms with Gasteiger partial charge in [-0.2, -0.15) is 5.10 Å². The summed E-state index contributed by atoms with van der Waals surface area (Å²) in [5.41, 5.74) is 6.35. The van der Waals surface area contributed by atoms with Crippen LogP contribution in [0.1, 0.15) is 38.5 Å². The van der Waals surface area contributed by atoms with Crippen molar-refractivity contribution in [3.63, 3.8) is 0 Å². The Labute approximate surface area is 109 Å². The molecule has 0 aromatic carbocycles. The summed E-state index contributed by atoms with van der Waals surface area (Å²) >= 11 is 0. The van der Waals surface area contributed by atoms with Gasteiger partial charge in [0.25, 0.3) is 0 Å². The van der Waals surface area contributed by atoms with Crippen molar-refractivity contribution < 1.29 is 0 Å². The average molecular weight is 248 g/mol. The normalized spacial score (nSPS) is 23.8. The number of nitrogens with zero attached hydrogens (tertiary/aromatic N) is 3. The molecule has 0 amide bonds. The second-order valence-electron chi connectivity index (χ2n) is 6.05. The lowest BCUT2D eigenvalue weighted by atomic mass is 9.77. The smallest absolute Gasteiger partial charge is 0.145 e. The fraction of sp³-hybridized carbons (Fsp3) is 0.786. The van der Waals surface area contributed by atoms with Gasteiger partial charge in [-0.1, -0.05) is 12.8 Å². The van der Waals surface area contributed by atoms with Gasteiger partial charge in [-0.05, 0) is 50.3 Å². The zero-order valence-electron chi connectivity index (χ0n) is 11.1. The molecule has 2 N–H and O–H groups in total. The maximum atomic E-state index is 5.62. The van der Waals surface area contributed by atoms with Crippen LogP contribution >= 0.6 is 0 Å². The first-order valence-corrected chi connectivity index (χ1v) is 7.27. The van der Waals surface area contributed by atoms with Crippen LogP contribution in [-0.4, -0.2) is 34.3 Å². The Bertz CT molecular complexity index is 382. The number of anilines is 1. The third-order valence-electron chi connectivity index (χ3n) is 4.89. The Morgan fingerprint density at radius 3 is 2.44 bits per heavy atom. The summed E-state index contributed by atoms with van der Waals surface area (Å²) in [5, 5.41) is 4.23. The number of nitrogen functional groups attached to an aromatic ring is 1. The molecule has 1 spiro atoms. The van der Waals surface area contributed by atoms with Crippen molar-refractivity contribution in [2.45, 2.75) is 45.1 Å².